The zero-order chi connectivity index (χ0) is 11.5. The number of hydrogen-bond donors (Lipinski definition) is 0. The van der Waals surface area contributed by atoms with E-state index in [4.69, 9.17) is 27.7 Å². The largest absolute Gasteiger partial charge is 0.477 e. The molecule has 0 fully saturated rings. The van der Waals surface area contributed by atoms with Crippen LogP contribution in [0.3, 0.4) is 0 Å². The van der Waals surface area contributed by atoms with Crippen LogP contribution in [0, 0.1) is 0 Å². The molecule has 1 aromatic heterocycles. The third-order valence-corrected chi connectivity index (χ3v) is 2.86. The van der Waals surface area contributed by atoms with Crippen molar-refractivity contribution in [3.05, 3.63) is 46.7 Å². The molecule has 82 valence electrons. The van der Waals surface area contributed by atoms with Crippen LogP contribution in [0.5, 0.6) is 5.75 Å². The summed E-state index contributed by atoms with van der Waals surface area (Å²) in [7, 11) is 2.15. The van der Waals surface area contributed by atoms with Gasteiger partial charge in [0.1, 0.15) is 0 Å². The van der Waals surface area contributed by atoms with Crippen LogP contribution in [-0.2, 0) is 0 Å². The fraction of sp³-hybridized carbons (Fsp3) is 0. The molecule has 2 aromatic rings. The van der Waals surface area contributed by atoms with E-state index in [9.17, 15) is 0 Å². The van der Waals surface area contributed by atoms with Crippen molar-refractivity contribution in [1.82, 2.24) is 4.98 Å². The number of benzene rings is 1. The van der Waals surface area contributed by atoms with Gasteiger partial charge in [-0.3, -0.25) is 0 Å². The summed E-state index contributed by atoms with van der Waals surface area (Å²) in [5.74, 6) is 0.518. The minimum absolute atomic E-state index is 0.334. The summed E-state index contributed by atoms with van der Waals surface area (Å²) in [5, 5.41) is 1.02. The lowest BCUT2D eigenvalue weighted by molar-refractivity contribution is 0.642. The topological polar surface area (TPSA) is 22.1 Å². The highest BCUT2D eigenvalue weighted by atomic mass is 35.5. The lowest BCUT2D eigenvalue weighted by Gasteiger charge is -2.05. The Bertz CT molecular complexity index is 519. The molecule has 0 bridgehead atoms. The molecule has 0 amide bonds. The van der Waals surface area contributed by atoms with Crippen LogP contribution in [-0.4, -0.2) is 4.98 Å². The molecule has 0 aliphatic carbocycles. The molecule has 2 rings (SSSR count). The minimum atomic E-state index is 0.334. The lowest BCUT2D eigenvalue weighted by Crippen LogP contribution is -1.84. The van der Waals surface area contributed by atoms with Crippen molar-refractivity contribution in [1.29, 1.82) is 0 Å². The zero-order valence-electron chi connectivity index (χ0n) is 8.15. The number of halogens is 2. The minimum Gasteiger partial charge on any atom is -0.477 e. The summed E-state index contributed by atoms with van der Waals surface area (Å²) in [5.41, 5.74) is 1.88. The summed E-state index contributed by atoms with van der Waals surface area (Å²) in [6.07, 6.45) is 1.68. The maximum Gasteiger partial charge on any atom is 0.171 e. The zero-order valence-corrected chi connectivity index (χ0v) is 10.8. The van der Waals surface area contributed by atoms with E-state index in [1.54, 1.807) is 6.20 Å². The van der Waals surface area contributed by atoms with Gasteiger partial charge in [-0.05, 0) is 23.8 Å². The maximum atomic E-state index is 5.92. The number of pyridine rings is 1. The first kappa shape index (κ1) is 11.7. The first-order chi connectivity index (χ1) is 7.70. The van der Waals surface area contributed by atoms with Gasteiger partial charge >= 0.3 is 0 Å². The van der Waals surface area contributed by atoms with Gasteiger partial charge in [-0.25, -0.2) is 4.98 Å². The number of hydrogen-bond acceptors (Lipinski definition) is 2. The molecule has 0 aliphatic rings. The summed E-state index contributed by atoms with van der Waals surface area (Å²) in [4.78, 5) is 4.04. The summed E-state index contributed by atoms with van der Waals surface area (Å²) in [6, 6.07) is 9.32. The Balaban J connectivity index is 2.48. The fourth-order valence-electron chi connectivity index (χ4n) is 1.34. The van der Waals surface area contributed by atoms with E-state index in [0.717, 1.165) is 11.1 Å². The van der Waals surface area contributed by atoms with Crippen molar-refractivity contribution in [3.8, 4) is 16.9 Å². The van der Waals surface area contributed by atoms with Crippen LogP contribution < -0.4 is 4.52 Å². The highest BCUT2D eigenvalue weighted by molar-refractivity contribution is 7.10. The van der Waals surface area contributed by atoms with E-state index in [1.165, 1.54) is 0 Å². The number of nitrogens with zero attached hydrogens (tertiary/aromatic N) is 1. The molecule has 0 N–H and O–H groups in total. The molecule has 1 aromatic carbocycles. The summed E-state index contributed by atoms with van der Waals surface area (Å²) in [6.45, 7) is 0. The molecule has 16 heavy (non-hydrogen) atoms. The van der Waals surface area contributed by atoms with Gasteiger partial charge in [0, 0.05) is 16.8 Å². The van der Waals surface area contributed by atoms with Crippen molar-refractivity contribution < 1.29 is 4.52 Å². The van der Waals surface area contributed by atoms with Gasteiger partial charge in [-0.15, -0.1) is 0 Å². The average Bonchev–Trinajstić information content (AvgIpc) is 2.29. The Morgan fingerprint density at radius 2 is 1.94 bits per heavy atom. The Hall–Kier alpha value is -0.820. The highest BCUT2D eigenvalue weighted by Gasteiger charge is 2.05. The Kier molecular flexibility index (Phi) is 3.65. The molecule has 0 spiro atoms. The van der Waals surface area contributed by atoms with Crippen LogP contribution in [0.4, 0.5) is 0 Å². The van der Waals surface area contributed by atoms with E-state index < -0.39 is 0 Å². The molecule has 0 saturated heterocycles. The third kappa shape index (κ3) is 2.46. The second-order valence-corrected chi connectivity index (χ2v) is 4.17. The Morgan fingerprint density at radius 3 is 2.62 bits per heavy atom. The first-order valence-electron chi connectivity index (χ1n) is 4.49. The predicted octanol–water partition coefficient (Wildman–Crippen LogP) is 4.22. The molecule has 5 heteroatoms. The van der Waals surface area contributed by atoms with E-state index >= 15 is 0 Å². The Labute approximate surface area is 106 Å². The van der Waals surface area contributed by atoms with Crippen molar-refractivity contribution in [2.45, 2.75) is 0 Å². The van der Waals surface area contributed by atoms with Gasteiger partial charge in [-0.1, -0.05) is 35.3 Å². The molecular weight excluding hydrogens is 264 g/mol. The van der Waals surface area contributed by atoms with E-state index in [1.807, 2.05) is 30.3 Å². The van der Waals surface area contributed by atoms with Gasteiger partial charge in [0.2, 0.25) is 0 Å². The maximum absolute atomic E-state index is 5.92. The molecule has 2 nitrogen and oxygen atoms in total. The van der Waals surface area contributed by atoms with Crippen LogP contribution in [0.25, 0.3) is 11.1 Å². The van der Waals surface area contributed by atoms with Gasteiger partial charge in [0.25, 0.3) is 0 Å². The van der Waals surface area contributed by atoms with Crippen LogP contribution in [0.15, 0.2) is 36.5 Å². The van der Waals surface area contributed by atoms with Gasteiger partial charge in [0.15, 0.2) is 10.9 Å². The second kappa shape index (κ2) is 5.01. The van der Waals surface area contributed by atoms with Crippen molar-refractivity contribution >= 4 is 32.7 Å². The highest BCUT2D eigenvalue weighted by Crippen LogP contribution is 2.30. The molecule has 1 unspecified atom stereocenters. The average molecular weight is 272 g/mol. The lowest BCUT2D eigenvalue weighted by atomic mass is 10.1. The van der Waals surface area contributed by atoms with Gasteiger partial charge in [0.05, 0.1) is 9.47 Å². The molecule has 0 radical (unpaired) electrons. The van der Waals surface area contributed by atoms with Crippen LogP contribution in [0.2, 0.25) is 10.2 Å². The van der Waals surface area contributed by atoms with Gasteiger partial charge in [-0.2, -0.15) is 0 Å². The molecule has 1 heterocycles. The number of aromatic nitrogens is 1. The fourth-order valence-corrected chi connectivity index (χ4v) is 1.93. The molecule has 0 saturated carbocycles. The summed E-state index contributed by atoms with van der Waals surface area (Å²) >= 11 is 11.8. The van der Waals surface area contributed by atoms with Crippen molar-refractivity contribution in [2.24, 2.45) is 0 Å². The standard InChI is InChI=1S/C11H8Cl2NOP/c12-9-3-1-2-7(4-9)8-5-10(15-16)11(13)14-6-8/h1-6H,16H2. The molecular formula is C11H8Cl2NOP. The normalized spacial score (nSPS) is 10.2. The second-order valence-electron chi connectivity index (χ2n) is 3.14. The van der Waals surface area contributed by atoms with E-state index in [2.05, 4.69) is 14.5 Å². The number of rotatable bonds is 2. The van der Waals surface area contributed by atoms with E-state index in [0.29, 0.717) is 15.9 Å². The van der Waals surface area contributed by atoms with Crippen molar-refractivity contribution in [3.63, 3.8) is 0 Å². The molecule has 1 atom stereocenters. The third-order valence-electron chi connectivity index (χ3n) is 2.09. The summed E-state index contributed by atoms with van der Waals surface area (Å²) < 4.78 is 5.03. The van der Waals surface area contributed by atoms with Crippen LogP contribution >= 0.6 is 32.7 Å². The van der Waals surface area contributed by atoms with Crippen LogP contribution in [0.1, 0.15) is 0 Å². The SMILES string of the molecule is POc1cc(-c2cccc(Cl)c2)cnc1Cl. The molecule has 0 aliphatic heterocycles. The first-order valence-corrected chi connectivity index (χ1v) is 5.71. The smallest absolute Gasteiger partial charge is 0.171 e. The van der Waals surface area contributed by atoms with E-state index in [-0.39, 0.29) is 0 Å². The predicted molar refractivity (Wildman–Crippen MR) is 70.0 cm³/mol. The van der Waals surface area contributed by atoms with Gasteiger partial charge < -0.3 is 4.52 Å². The quantitative estimate of drug-likeness (QED) is 0.603. The monoisotopic (exact) mass is 271 g/mol. The Morgan fingerprint density at radius 1 is 1.12 bits per heavy atom. The van der Waals surface area contributed by atoms with Crippen molar-refractivity contribution in [2.75, 3.05) is 0 Å².